The van der Waals surface area contributed by atoms with E-state index < -0.39 is 0 Å². The Morgan fingerprint density at radius 3 is 2.55 bits per heavy atom. The van der Waals surface area contributed by atoms with E-state index in [1.54, 1.807) is 30.1 Å². The van der Waals surface area contributed by atoms with Crippen molar-refractivity contribution in [3.8, 4) is 11.5 Å². The van der Waals surface area contributed by atoms with Gasteiger partial charge in [-0.2, -0.15) is 0 Å². The quantitative estimate of drug-likeness (QED) is 0.940. The lowest BCUT2D eigenvalue weighted by molar-refractivity contribution is 0.101. The summed E-state index contributed by atoms with van der Waals surface area (Å²) in [5.74, 6) is 0.603. The van der Waals surface area contributed by atoms with E-state index in [1.165, 1.54) is 20.4 Å². The molecule has 1 aromatic heterocycles. The second kappa shape index (κ2) is 5.83. The molecule has 0 radical (unpaired) electrons. The fraction of sp³-hybridized carbons (Fsp3) is 0.231. The molecule has 0 atom stereocenters. The van der Waals surface area contributed by atoms with Gasteiger partial charge in [0.1, 0.15) is 17.2 Å². The molecular weight excluding hydrogens is 282 g/mol. The number of nitrogens with zero attached hydrogens (tertiary/aromatic N) is 2. The summed E-state index contributed by atoms with van der Waals surface area (Å²) in [5.41, 5.74) is 0.904. The van der Waals surface area contributed by atoms with E-state index >= 15 is 0 Å². The molecule has 0 spiro atoms. The molecule has 0 fully saturated rings. The lowest BCUT2D eigenvalue weighted by atomic mass is 10.2. The van der Waals surface area contributed by atoms with Crippen molar-refractivity contribution in [2.24, 2.45) is 7.05 Å². The molecular formula is C13H14ClN3O3. The van der Waals surface area contributed by atoms with Crippen LogP contribution < -0.4 is 14.8 Å². The maximum Gasteiger partial charge on any atom is 0.274 e. The molecule has 1 amide bonds. The van der Waals surface area contributed by atoms with Gasteiger partial charge in [0, 0.05) is 19.2 Å². The Morgan fingerprint density at radius 2 is 2.00 bits per heavy atom. The van der Waals surface area contributed by atoms with Gasteiger partial charge < -0.3 is 19.4 Å². The van der Waals surface area contributed by atoms with Gasteiger partial charge in [-0.1, -0.05) is 11.6 Å². The van der Waals surface area contributed by atoms with E-state index in [-0.39, 0.29) is 5.91 Å². The normalized spacial score (nSPS) is 10.2. The largest absolute Gasteiger partial charge is 0.495 e. The molecule has 0 aliphatic carbocycles. The second-order valence-corrected chi connectivity index (χ2v) is 4.44. The highest BCUT2D eigenvalue weighted by atomic mass is 35.5. The first-order chi connectivity index (χ1) is 9.56. The molecule has 0 saturated carbocycles. The van der Waals surface area contributed by atoms with Crippen molar-refractivity contribution in [3.63, 3.8) is 0 Å². The molecule has 2 rings (SSSR count). The molecule has 1 N–H and O–H groups in total. The Hall–Kier alpha value is -2.21. The predicted octanol–water partition coefficient (Wildman–Crippen LogP) is 2.34. The average molecular weight is 296 g/mol. The highest BCUT2D eigenvalue weighted by Crippen LogP contribution is 2.35. The van der Waals surface area contributed by atoms with Gasteiger partial charge in [0.25, 0.3) is 5.91 Å². The van der Waals surface area contributed by atoms with E-state index in [4.69, 9.17) is 21.1 Å². The zero-order valence-corrected chi connectivity index (χ0v) is 12.1. The number of anilines is 1. The topological polar surface area (TPSA) is 65.4 Å². The molecule has 1 aromatic carbocycles. The molecule has 106 valence electrons. The van der Waals surface area contributed by atoms with Crippen LogP contribution in [0.4, 0.5) is 5.69 Å². The molecule has 0 aliphatic heterocycles. The summed E-state index contributed by atoms with van der Waals surface area (Å²) in [4.78, 5) is 16.0. The minimum atomic E-state index is -0.298. The molecule has 20 heavy (non-hydrogen) atoms. The van der Waals surface area contributed by atoms with E-state index in [1.807, 2.05) is 0 Å². The number of nitrogens with one attached hydrogen (secondary N) is 1. The van der Waals surface area contributed by atoms with Gasteiger partial charge in [0.2, 0.25) is 0 Å². The fourth-order valence-corrected chi connectivity index (χ4v) is 1.95. The van der Waals surface area contributed by atoms with Crippen LogP contribution in [-0.2, 0) is 7.05 Å². The molecule has 2 aromatic rings. The van der Waals surface area contributed by atoms with Crippen molar-refractivity contribution in [1.29, 1.82) is 0 Å². The van der Waals surface area contributed by atoms with Gasteiger partial charge in [-0.25, -0.2) is 4.98 Å². The third-order valence-corrected chi connectivity index (χ3v) is 3.07. The number of carbonyl (C=O) groups is 1. The first-order valence-corrected chi connectivity index (χ1v) is 6.13. The average Bonchev–Trinajstić information content (AvgIpc) is 2.86. The minimum absolute atomic E-state index is 0.298. The van der Waals surface area contributed by atoms with Crippen LogP contribution in [0.5, 0.6) is 11.5 Å². The predicted molar refractivity (Wildman–Crippen MR) is 75.7 cm³/mol. The van der Waals surface area contributed by atoms with Gasteiger partial charge in [0.05, 0.1) is 37.5 Å². The van der Waals surface area contributed by atoms with Crippen LogP contribution in [0.1, 0.15) is 10.5 Å². The minimum Gasteiger partial charge on any atom is -0.495 e. The second-order valence-electron chi connectivity index (χ2n) is 4.03. The summed E-state index contributed by atoms with van der Waals surface area (Å²) in [6.45, 7) is 0. The molecule has 1 heterocycles. The first kappa shape index (κ1) is 14.2. The van der Waals surface area contributed by atoms with Crippen LogP contribution in [0, 0.1) is 0 Å². The van der Waals surface area contributed by atoms with Crippen LogP contribution in [0.2, 0.25) is 5.02 Å². The SMILES string of the molecule is COc1cc(NC(=O)c2cncn2C)c(OC)cc1Cl. The van der Waals surface area contributed by atoms with E-state index in [0.717, 1.165) is 0 Å². The number of methoxy groups -OCH3 is 2. The van der Waals surface area contributed by atoms with Gasteiger partial charge in [-0.15, -0.1) is 0 Å². The van der Waals surface area contributed by atoms with Crippen molar-refractivity contribution in [2.45, 2.75) is 0 Å². The summed E-state index contributed by atoms with van der Waals surface area (Å²) in [5, 5.41) is 3.15. The summed E-state index contributed by atoms with van der Waals surface area (Å²) in [6, 6.07) is 3.19. The van der Waals surface area contributed by atoms with Crippen LogP contribution in [0.25, 0.3) is 0 Å². The number of aromatic nitrogens is 2. The maximum atomic E-state index is 12.1. The number of benzene rings is 1. The van der Waals surface area contributed by atoms with Crippen molar-refractivity contribution < 1.29 is 14.3 Å². The lowest BCUT2D eigenvalue weighted by Crippen LogP contribution is -2.16. The van der Waals surface area contributed by atoms with Crippen LogP contribution >= 0.6 is 11.6 Å². The van der Waals surface area contributed by atoms with E-state index in [9.17, 15) is 4.79 Å². The molecule has 0 unspecified atom stereocenters. The summed E-state index contributed by atoms with van der Waals surface area (Å²) < 4.78 is 11.9. The number of halogens is 1. The monoisotopic (exact) mass is 295 g/mol. The zero-order valence-electron chi connectivity index (χ0n) is 11.3. The Kier molecular flexibility index (Phi) is 4.14. The third-order valence-electron chi connectivity index (χ3n) is 2.77. The van der Waals surface area contributed by atoms with Crippen molar-refractivity contribution >= 4 is 23.2 Å². The molecule has 0 aliphatic rings. The zero-order chi connectivity index (χ0) is 14.7. The number of hydrogen-bond donors (Lipinski definition) is 1. The molecule has 7 heteroatoms. The number of rotatable bonds is 4. The van der Waals surface area contributed by atoms with E-state index in [0.29, 0.717) is 27.9 Å². The number of hydrogen-bond acceptors (Lipinski definition) is 4. The number of ether oxygens (including phenoxy) is 2. The number of amides is 1. The Morgan fingerprint density at radius 1 is 1.30 bits per heavy atom. The molecule has 0 saturated heterocycles. The smallest absolute Gasteiger partial charge is 0.274 e. The standard InChI is InChI=1S/C13H14ClN3O3/c1-17-7-15-6-10(17)13(18)16-9-5-11(19-2)8(14)4-12(9)20-3/h4-7H,1-3H3,(H,16,18). The van der Waals surface area contributed by atoms with Gasteiger partial charge in [-0.05, 0) is 0 Å². The van der Waals surface area contributed by atoms with Crippen LogP contribution in [-0.4, -0.2) is 29.7 Å². The number of carbonyl (C=O) groups excluding carboxylic acids is 1. The number of imidazole rings is 1. The summed E-state index contributed by atoms with van der Waals surface area (Å²) >= 11 is 6.01. The lowest BCUT2D eigenvalue weighted by Gasteiger charge is -2.13. The third kappa shape index (κ3) is 2.70. The van der Waals surface area contributed by atoms with Crippen LogP contribution in [0.15, 0.2) is 24.7 Å². The highest BCUT2D eigenvalue weighted by Gasteiger charge is 2.15. The molecule has 0 bridgehead atoms. The highest BCUT2D eigenvalue weighted by molar-refractivity contribution is 6.32. The maximum absolute atomic E-state index is 12.1. The van der Waals surface area contributed by atoms with Gasteiger partial charge >= 0.3 is 0 Å². The van der Waals surface area contributed by atoms with Crippen molar-refractivity contribution in [3.05, 3.63) is 35.4 Å². The summed E-state index contributed by atoms with van der Waals surface area (Å²) in [7, 11) is 4.74. The first-order valence-electron chi connectivity index (χ1n) is 5.76. The molecule has 6 nitrogen and oxygen atoms in total. The Bertz CT molecular complexity index is 640. The van der Waals surface area contributed by atoms with Crippen molar-refractivity contribution in [1.82, 2.24) is 9.55 Å². The van der Waals surface area contributed by atoms with Crippen molar-refractivity contribution in [2.75, 3.05) is 19.5 Å². The van der Waals surface area contributed by atoms with E-state index in [2.05, 4.69) is 10.3 Å². The van der Waals surface area contributed by atoms with Crippen LogP contribution in [0.3, 0.4) is 0 Å². The summed E-state index contributed by atoms with van der Waals surface area (Å²) in [6.07, 6.45) is 3.03. The van der Waals surface area contributed by atoms with Gasteiger partial charge in [-0.3, -0.25) is 4.79 Å². The Balaban J connectivity index is 2.33. The Labute approximate surface area is 121 Å². The van der Waals surface area contributed by atoms with Gasteiger partial charge in [0.15, 0.2) is 0 Å². The fourth-order valence-electron chi connectivity index (χ4n) is 1.72. The number of aryl methyl sites for hydroxylation is 1.